The van der Waals surface area contributed by atoms with Gasteiger partial charge < -0.3 is 14.7 Å². The van der Waals surface area contributed by atoms with E-state index >= 15 is 0 Å². The molecule has 0 bridgehead atoms. The molecule has 1 fully saturated rings. The molecule has 1 N–H and O–H groups in total. The zero-order chi connectivity index (χ0) is 22.2. The lowest BCUT2D eigenvalue weighted by Gasteiger charge is -2.38. The monoisotopic (exact) mass is 452 g/mol. The summed E-state index contributed by atoms with van der Waals surface area (Å²) < 4.78 is 5.40. The van der Waals surface area contributed by atoms with Crippen LogP contribution in [0.25, 0.3) is 10.9 Å². The topological polar surface area (TPSA) is 71.4 Å². The Morgan fingerprint density at radius 2 is 2.12 bits per heavy atom. The summed E-state index contributed by atoms with van der Waals surface area (Å²) in [6, 6.07) is 12.1. The van der Waals surface area contributed by atoms with Crippen molar-refractivity contribution in [3.63, 3.8) is 0 Å². The normalized spacial score (nSPS) is 19.3. The second-order valence-corrected chi connectivity index (χ2v) is 9.56. The highest BCUT2D eigenvalue weighted by Gasteiger charge is 2.28. The van der Waals surface area contributed by atoms with E-state index in [1.54, 1.807) is 25.1 Å². The number of rotatable bonds is 10. The molecule has 0 radical (unpaired) electrons. The number of pyridine rings is 1. The van der Waals surface area contributed by atoms with Crippen LogP contribution in [0.15, 0.2) is 53.8 Å². The number of aliphatic hydroxyl groups is 1. The average molecular weight is 453 g/mol. The minimum absolute atomic E-state index is 0.272. The minimum atomic E-state index is 0.272. The van der Waals surface area contributed by atoms with Crippen LogP contribution >= 0.6 is 11.8 Å². The van der Waals surface area contributed by atoms with E-state index in [1.807, 2.05) is 30.5 Å². The molecule has 1 aromatic carbocycles. The summed E-state index contributed by atoms with van der Waals surface area (Å²) in [4.78, 5) is 6.98. The Morgan fingerprint density at radius 3 is 2.94 bits per heavy atom. The number of hydrogen-bond acceptors (Lipinski definition) is 7. The molecular weight excluding hydrogens is 420 g/mol. The number of nitrogens with zero attached hydrogens (tertiary/aromatic N) is 4. The zero-order valence-corrected chi connectivity index (χ0v) is 19.5. The van der Waals surface area contributed by atoms with Crippen LogP contribution in [0.5, 0.6) is 5.75 Å². The van der Waals surface area contributed by atoms with Gasteiger partial charge in [0.05, 0.1) is 12.6 Å². The van der Waals surface area contributed by atoms with Gasteiger partial charge in [0.2, 0.25) is 0 Å². The Balaban J connectivity index is 1.26. The van der Waals surface area contributed by atoms with Gasteiger partial charge in [0.15, 0.2) is 0 Å². The van der Waals surface area contributed by atoms with Gasteiger partial charge in [-0.2, -0.15) is 5.10 Å². The first-order valence-corrected chi connectivity index (χ1v) is 12.4. The summed E-state index contributed by atoms with van der Waals surface area (Å²) in [5.41, 5.74) is 2.34. The van der Waals surface area contributed by atoms with Crippen LogP contribution in [0, 0.1) is 11.8 Å². The third-order valence-electron chi connectivity index (χ3n) is 6.48. The van der Waals surface area contributed by atoms with Crippen molar-refractivity contribution in [2.45, 2.75) is 30.7 Å². The van der Waals surface area contributed by atoms with Crippen LogP contribution in [0.1, 0.15) is 24.8 Å². The first-order chi connectivity index (χ1) is 15.8. The summed E-state index contributed by atoms with van der Waals surface area (Å²) in [5.74, 6) is 2.82. The van der Waals surface area contributed by atoms with Crippen LogP contribution < -0.4 is 4.74 Å². The Kier molecular flexibility index (Phi) is 8.31. The lowest BCUT2D eigenvalue weighted by Crippen LogP contribution is -2.42. The number of ether oxygens (including phenoxy) is 1. The second-order valence-electron chi connectivity index (χ2n) is 8.45. The fourth-order valence-corrected chi connectivity index (χ4v) is 5.51. The number of thioether (sulfide) groups is 1. The number of likely N-dealkylation sites (tertiary alicyclic amines) is 1. The lowest BCUT2D eigenvalue weighted by molar-refractivity contribution is 0.0710. The summed E-state index contributed by atoms with van der Waals surface area (Å²) in [6.07, 6.45) is 8.07. The molecule has 0 spiro atoms. The van der Waals surface area contributed by atoms with Crippen molar-refractivity contribution in [1.29, 1.82) is 0 Å². The maximum Gasteiger partial charge on any atom is 0.119 e. The first-order valence-electron chi connectivity index (χ1n) is 11.4. The molecule has 4 rings (SSSR count). The number of aryl methyl sites for hydroxylation is 1. The van der Waals surface area contributed by atoms with E-state index in [2.05, 4.69) is 32.2 Å². The summed E-state index contributed by atoms with van der Waals surface area (Å²) in [6.45, 7) is 3.39. The number of aromatic nitrogens is 3. The van der Waals surface area contributed by atoms with Crippen molar-refractivity contribution < 1.29 is 9.84 Å². The Labute approximate surface area is 194 Å². The smallest absolute Gasteiger partial charge is 0.119 e. The number of methoxy groups -OCH3 is 1. The average Bonchev–Trinajstić information content (AvgIpc) is 2.85. The van der Waals surface area contributed by atoms with E-state index in [9.17, 15) is 5.11 Å². The van der Waals surface area contributed by atoms with Crippen molar-refractivity contribution in [3.8, 4) is 5.75 Å². The van der Waals surface area contributed by atoms with Crippen molar-refractivity contribution in [2.24, 2.45) is 11.8 Å². The van der Waals surface area contributed by atoms with Crippen LogP contribution in [0.3, 0.4) is 0 Å². The SMILES string of the molecule is COc1ccc2nccc(CCC[C@@H]3CCN(CCSc4cccnn4)C[C@@H]3CO)c2c1. The summed E-state index contributed by atoms with van der Waals surface area (Å²) >= 11 is 1.75. The Bertz CT molecular complexity index is 988. The van der Waals surface area contributed by atoms with Gasteiger partial charge in [-0.3, -0.25) is 4.98 Å². The molecule has 1 saturated heterocycles. The molecule has 170 valence electrons. The predicted molar refractivity (Wildman–Crippen MR) is 129 cm³/mol. The van der Waals surface area contributed by atoms with Gasteiger partial charge in [0.1, 0.15) is 10.8 Å². The summed E-state index contributed by atoms with van der Waals surface area (Å²) in [7, 11) is 1.70. The van der Waals surface area contributed by atoms with E-state index in [1.165, 1.54) is 10.9 Å². The van der Waals surface area contributed by atoms with Gasteiger partial charge in [0, 0.05) is 43.2 Å². The Morgan fingerprint density at radius 1 is 1.19 bits per heavy atom. The lowest BCUT2D eigenvalue weighted by atomic mass is 9.82. The van der Waals surface area contributed by atoms with Gasteiger partial charge in [-0.1, -0.05) is 0 Å². The fourth-order valence-electron chi connectivity index (χ4n) is 4.67. The minimum Gasteiger partial charge on any atom is -0.497 e. The molecule has 6 nitrogen and oxygen atoms in total. The van der Waals surface area contributed by atoms with Crippen molar-refractivity contribution in [2.75, 3.05) is 39.1 Å². The van der Waals surface area contributed by atoms with Crippen LogP contribution in [0.4, 0.5) is 0 Å². The molecule has 0 saturated carbocycles. The van der Waals surface area contributed by atoms with Gasteiger partial charge >= 0.3 is 0 Å². The molecule has 0 unspecified atom stereocenters. The molecule has 2 atom stereocenters. The second kappa shape index (κ2) is 11.6. The zero-order valence-electron chi connectivity index (χ0n) is 18.7. The molecule has 0 aliphatic carbocycles. The third kappa shape index (κ3) is 5.97. The standard InChI is InChI=1S/C25H32N4O2S/c1-31-22-7-8-24-23(16-22)20(9-12-26-24)5-2-4-19-10-13-29(17-21(19)18-30)14-15-32-25-6-3-11-27-28-25/h3,6-9,11-12,16,19,21,30H,2,4-5,10,13-15,17-18H2,1H3/t19-,21-/m1/s1. The van der Waals surface area contributed by atoms with Gasteiger partial charge in [-0.05, 0) is 86.0 Å². The van der Waals surface area contributed by atoms with Gasteiger partial charge in [-0.15, -0.1) is 16.9 Å². The molecule has 1 aliphatic rings. The molecule has 3 heterocycles. The molecule has 7 heteroatoms. The highest BCUT2D eigenvalue weighted by atomic mass is 32.2. The van der Waals surface area contributed by atoms with E-state index in [0.717, 1.165) is 67.4 Å². The molecule has 0 amide bonds. The maximum atomic E-state index is 10.0. The van der Waals surface area contributed by atoms with Crippen molar-refractivity contribution in [3.05, 3.63) is 54.4 Å². The molecule has 32 heavy (non-hydrogen) atoms. The largest absolute Gasteiger partial charge is 0.497 e. The Hall–Kier alpha value is -2.22. The molecule has 3 aromatic rings. The molecule has 2 aromatic heterocycles. The van der Waals surface area contributed by atoms with Crippen LogP contribution in [-0.4, -0.2) is 64.3 Å². The molecular formula is C25H32N4O2S. The van der Waals surface area contributed by atoms with Gasteiger partial charge in [-0.25, -0.2) is 0 Å². The first kappa shape index (κ1) is 23.0. The molecule has 1 aliphatic heterocycles. The highest BCUT2D eigenvalue weighted by molar-refractivity contribution is 7.99. The highest BCUT2D eigenvalue weighted by Crippen LogP contribution is 2.30. The van der Waals surface area contributed by atoms with E-state index < -0.39 is 0 Å². The number of piperidine rings is 1. The van der Waals surface area contributed by atoms with Gasteiger partial charge in [0.25, 0.3) is 0 Å². The number of hydrogen-bond donors (Lipinski definition) is 1. The van der Waals surface area contributed by atoms with Crippen LogP contribution in [0.2, 0.25) is 0 Å². The van der Waals surface area contributed by atoms with Crippen molar-refractivity contribution in [1.82, 2.24) is 20.1 Å². The van der Waals surface area contributed by atoms with Crippen LogP contribution in [-0.2, 0) is 6.42 Å². The van der Waals surface area contributed by atoms with E-state index in [-0.39, 0.29) is 6.61 Å². The quantitative estimate of drug-likeness (QED) is 0.465. The maximum absolute atomic E-state index is 10.0. The fraction of sp³-hybridized carbons (Fsp3) is 0.480. The van der Waals surface area contributed by atoms with E-state index in [0.29, 0.717) is 11.8 Å². The third-order valence-corrected chi connectivity index (χ3v) is 7.38. The summed E-state index contributed by atoms with van der Waals surface area (Å²) in [5, 5.41) is 20.3. The predicted octanol–water partition coefficient (Wildman–Crippen LogP) is 4.08. The van der Waals surface area contributed by atoms with Crippen molar-refractivity contribution >= 4 is 22.7 Å². The number of fused-ring (bicyclic) bond motifs is 1. The number of benzene rings is 1. The van der Waals surface area contributed by atoms with E-state index in [4.69, 9.17) is 4.74 Å². The number of aliphatic hydroxyl groups excluding tert-OH is 1.